The van der Waals surface area contributed by atoms with Crippen LogP contribution in [0.5, 0.6) is 5.75 Å². The summed E-state index contributed by atoms with van der Waals surface area (Å²) in [5.74, 6) is -0.00778. The lowest BCUT2D eigenvalue weighted by Crippen LogP contribution is -2.49. The van der Waals surface area contributed by atoms with Crippen LogP contribution in [0.3, 0.4) is 0 Å². The van der Waals surface area contributed by atoms with Crippen LogP contribution in [0, 0.1) is 0 Å². The summed E-state index contributed by atoms with van der Waals surface area (Å²) in [4.78, 5) is 28.9. The average molecular weight is 465 g/mol. The van der Waals surface area contributed by atoms with Crippen molar-refractivity contribution in [3.63, 3.8) is 0 Å². The molecule has 2 aromatic carbocycles. The number of carbonyl (C=O) groups is 2. The first kappa shape index (κ1) is 25.5. The molecule has 0 heterocycles. The number of amides is 2. The van der Waals surface area contributed by atoms with Crippen LogP contribution in [0.15, 0.2) is 84.0 Å². The number of hydrogen-bond acceptors (Lipinski definition) is 5. The highest BCUT2D eigenvalue weighted by atomic mass is 32.1. The third kappa shape index (κ3) is 8.70. The van der Waals surface area contributed by atoms with Crippen molar-refractivity contribution in [1.82, 2.24) is 16.2 Å². The predicted octanol–water partition coefficient (Wildman–Crippen LogP) is 3.79. The van der Waals surface area contributed by atoms with Crippen LogP contribution in [-0.4, -0.2) is 29.2 Å². The molecule has 7 nitrogen and oxygen atoms in total. The normalized spacial score (nSPS) is 11.5. The topological polar surface area (TPSA) is 91.8 Å². The maximum absolute atomic E-state index is 12.5. The molecule has 0 saturated carbocycles. The summed E-state index contributed by atoms with van der Waals surface area (Å²) in [7, 11) is 0. The van der Waals surface area contributed by atoms with Gasteiger partial charge in [-0.2, -0.15) is 0 Å². The number of allylic oxidation sites excluding steroid dienone is 2. The Hall–Kier alpha value is -3.78. The van der Waals surface area contributed by atoms with E-state index in [2.05, 4.69) is 41.6 Å². The van der Waals surface area contributed by atoms with Crippen molar-refractivity contribution in [2.24, 2.45) is 4.99 Å². The lowest BCUT2D eigenvalue weighted by atomic mass is 10.0. The number of nitrogens with zero attached hydrogens (tertiary/aromatic N) is 1. The Morgan fingerprint density at radius 3 is 2.36 bits per heavy atom. The molecule has 33 heavy (non-hydrogen) atoms. The van der Waals surface area contributed by atoms with Crippen LogP contribution in [0.25, 0.3) is 0 Å². The van der Waals surface area contributed by atoms with Crippen LogP contribution in [0.4, 0.5) is 0 Å². The standard InChI is InChI=1S/C25H28N4O3S/c1-5-9-22(26-18(4)20-10-7-6-8-11-20)24(31)27-25(33)29-28-23(30)16-32-21-14-12-19(13-15-21)17(2)3/h5-15,17H,1,16H2,2-4H3,(H,28,30)(H2,27,29,31,33)/b22-9-,26-18?. The van der Waals surface area contributed by atoms with Crippen LogP contribution >= 0.6 is 12.2 Å². The van der Waals surface area contributed by atoms with Gasteiger partial charge in [-0.25, -0.2) is 4.99 Å². The summed E-state index contributed by atoms with van der Waals surface area (Å²) in [5, 5.41) is 2.38. The minimum Gasteiger partial charge on any atom is -0.484 e. The quantitative estimate of drug-likeness (QED) is 0.182. The smallest absolute Gasteiger partial charge is 0.276 e. The number of rotatable bonds is 8. The summed E-state index contributed by atoms with van der Waals surface area (Å²) >= 11 is 5.08. The van der Waals surface area contributed by atoms with E-state index in [1.165, 1.54) is 17.7 Å². The van der Waals surface area contributed by atoms with Crippen LogP contribution < -0.4 is 20.9 Å². The van der Waals surface area contributed by atoms with E-state index in [9.17, 15) is 9.59 Å². The van der Waals surface area contributed by atoms with Crippen LogP contribution in [-0.2, 0) is 9.59 Å². The largest absolute Gasteiger partial charge is 0.484 e. The molecule has 0 spiro atoms. The highest BCUT2D eigenvalue weighted by Crippen LogP contribution is 2.18. The fourth-order valence-corrected chi connectivity index (χ4v) is 2.80. The number of hydrazine groups is 1. The number of thiocarbonyl (C=S) groups is 1. The second-order valence-electron chi connectivity index (χ2n) is 7.32. The van der Waals surface area contributed by atoms with Crippen LogP contribution in [0.2, 0.25) is 0 Å². The monoisotopic (exact) mass is 464 g/mol. The maximum atomic E-state index is 12.5. The summed E-state index contributed by atoms with van der Waals surface area (Å²) in [5.41, 5.74) is 7.70. The number of ether oxygens (including phenoxy) is 1. The average Bonchev–Trinajstić information content (AvgIpc) is 2.81. The molecule has 0 aliphatic heterocycles. The molecule has 8 heteroatoms. The second kappa shape index (κ2) is 12.9. The third-order valence-corrected chi connectivity index (χ3v) is 4.65. The number of benzene rings is 2. The lowest BCUT2D eigenvalue weighted by molar-refractivity contribution is -0.123. The molecule has 0 aliphatic carbocycles. The summed E-state index contributed by atoms with van der Waals surface area (Å²) < 4.78 is 5.45. The van der Waals surface area contributed by atoms with E-state index in [0.717, 1.165) is 5.56 Å². The summed E-state index contributed by atoms with van der Waals surface area (Å²) in [6.07, 6.45) is 2.93. The molecule has 2 aromatic rings. The molecular weight excluding hydrogens is 436 g/mol. The second-order valence-corrected chi connectivity index (χ2v) is 7.73. The first-order valence-corrected chi connectivity index (χ1v) is 10.8. The van der Waals surface area contributed by atoms with E-state index in [1.54, 1.807) is 6.92 Å². The van der Waals surface area contributed by atoms with Crippen molar-refractivity contribution in [3.05, 3.63) is 90.2 Å². The van der Waals surface area contributed by atoms with Gasteiger partial charge in [0.05, 0.1) is 0 Å². The first-order chi connectivity index (χ1) is 15.8. The van der Waals surface area contributed by atoms with Crippen molar-refractivity contribution in [1.29, 1.82) is 0 Å². The zero-order chi connectivity index (χ0) is 24.2. The maximum Gasteiger partial charge on any atom is 0.276 e. The Bertz CT molecular complexity index is 1050. The van der Waals surface area contributed by atoms with E-state index in [0.29, 0.717) is 17.4 Å². The molecule has 2 rings (SSSR count). The Balaban J connectivity index is 1.84. The molecule has 172 valence electrons. The van der Waals surface area contributed by atoms with Gasteiger partial charge in [0.15, 0.2) is 11.7 Å². The Morgan fingerprint density at radius 1 is 1.09 bits per heavy atom. The van der Waals surface area contributed by atoms with E-state index >= 15 is 0 Å². The van der Waals surface area contributed by atoms with Gasteiger partial charge in [0, 0.05) is 5.71 Å². The first-order valence-electron chi connectivity index (χ1n) is 10.4. The summed E-state index contributed by atoms with van der Waals surface area (Å²) in [6, 6.07) is 17.0. The minimum atomic E-state index is -0.543. The highest BCUT2D eigenvalue weighted by Gasteiger charge is 2.12. The molecule has 2 amide bonds. The number of carbonyl (C=O) groups excluding carboxylic acids is 2. The molecule has 0 saturated heterocycles. The number of nitrogens with one attached hydrogen (secondary N) is 3. The zero-order valence-electron chi connectivity index (χ0n) is 18.9. The van der Waals surface area contributed by atoms with Gasteiger partial charge in [-0.15, -0.1) is 0 Å². The van der Waals surface area contributed by atoms with Crippen molar-refractivity contribution in [3.8, 4) is 5.75 Å². The fraction of sp³-hybridized carbons (Fsp3) is 0.200. The fourth-order valence-electron chi connectivity index (χ4n) is 2.66. The van der Waals surface area contributed by atoms with Gasteiger partial charge in [0.25, 0.3) is 11.8 Å². The molecule has 0 atom stereocenters. The van der Waals surface area contributed by atoms with Crippen LogP contribution in [0.1, 0.15) is 37.8 Å². The predicted molar refractivity (Wildman–Crippen MR) is 135 cm³/mol. The molecule has 0 aromatic heterocycles. The highest BCUT2D eigenvalue weighted by molar-refractivity contribution is 7.80. The Kier molecular flexibility index (Phi) is 9.98. The molecule has 0 aliphatic rings. The molecular formula is C25H28N4O3S. The Labute approximate surface area is 199 Å². The SMILES string of the molecule is C=C/C=C(\N=C(C)c1ccccc1)C(=O)NC(=S)NNC(=O)COc1ccc(C(C)C)cc1. The molecule has 3 N–H and O–H groups in total. The molecule has 0 bridgehead atoms. The van der Waals surface area contributed by atoms with E-state index in [4.69, 9.17) is 17.0 Å². The summed E-state index contributed by atoms with van der Waals surface area (Å²) in [6.45, 7) is 9.40. The van der Waals surface area contributed by atoms with Gasteiger partial charge in [-0.1, -0.05) is 69.0 Å². The molecule has 0 unspecified atom stereocenters. The van der Waals surface area contributed by atoms with Gasteiger partial charge >= 0.3 is 0 Å². The van der Waals surface area contributed by atoms with Gasteiger partial charge in [0.2, 0.25) is 0 Å². The minimum absolute atomic E-state index is 0.0860. The van der Waals surface area contributed by atoms with Crippen molar-refractivity contribution >= 4 is 34.9 Å². The van der Waals surface area contributed by atoms with Gasteiger partial charge < -0.3 is 4.74 Å². The number of aliphatic imine (C=N–C) groups is 1. The molecule has 0 radical (unpaired) electrons. The van der Waals surface area contributed by atoms with Crippen molar-refractivity contribution < 1.29 is 14.3 Å². The Morgan fingerprint density at radius 2 is 1.76 bits per heavy atom. The van der Waals surface area contributed by atoms with E-state index in [-0.39, 0.29) is 17.4 Å². The third-order valence-electron chi connectivity index (χ3n) is 4.45. The van der Waals surface area contributed by atoms with Crippen molar-refractivity contribution in [2.75, 3.05) is 6.61 Å². The number of hydrogen-bond donors (Lipinski definition) is 3. The van der Waals surface area contributed by atoms with Gasteiger partial charge in [-0.05, 0) is 54.4 Å². The molecule has 0 fully saturated rings. The van der Waals surface area contributed by atoms with Crippen molar-refractivity contribution in [2.45, 2.75) is 26.7 Å². The van der Waals surface area contributed by atoms with Gasteiger partial charge in [0.1, 0.15) is 11.4 Å². The van der Waals surface area contributed by atoms with Gasteiger partial charge in [-0.3, -0.25) is 25.8 Å². The zero-order valence-corrected chi connectivity index (χ0v) is 19.7. The lowest BCUT2D eigenvalue weighted by Gasteiger charge is -2.12. The van der Waals surface area contributed by atoms with E-state index in [1.807, 2.05) is 54.6 Å². The van der Waals surface area contributed by atoms with E-state index < -0.39 is 11.8 Å².